The van der Waals surface area contributed by atoms with Crippen molar-refractivity contribution < 1.29 is 18.3 Å². The van der Waals surface area contributed by atoms with E-state index in [-0.39, 0.29) is 18.7 Å². The van der Waals surface area contributed by atoms with Crippen LogP contribution in [0, 0.1) is 11.6 Å². The Kier molecular flexibility index (Phi) is 5.70. The van der Waals surface area contributed by atoms with Gasteiger partial charge >= 0.3 is 0 Å². The van der Waals surface area contributed by atoms with Gasteiger partial charge in [-0.1, -0.05) is 24.3 Å². The number of hydrogen-bond acceptors (Lipinski definition) is 5. The molecule has 27 heavy (non-hydrogen) atoms. The van der Waals surface area contributed by atoms with Gasteiger partial charge in [0.15, 0.2) is 6.61 Å². The maximum absolute atomic E-state index is 13.8. The summed E-state index contributed by atoms with van der Waals surface area (Å²) in [4.78, 5) is 13.2. The van der Waals surface area contributed by atoms with Crippen LogP contribution in [0.4, 0.5) is 8.78 Å². The van der Waals surface area contributed by atoms with E-state index in [0.29, 0.717) is 11.6 Å². The molecular formula is C18H17F2N5O2. The molecule has 140 valence electrons. The standard InChI is InChI=1S/C18H17F2N5O2/c1-12(15-8-7-13(19)9-16(15)20)21-18(26)10-25-23-17(22-24-25)11-27-14-5-3-2-4-6-14/h2-9,12H,10-11H2,1H3,(H,21,26). The van der Waals surface area contributed by atoms with E-state index in [0.717, 1.165) is 16.9 Å². The predicted octanol–water partition coefficient (Wildman–Crippen LogP) is 2.41. The average molecular weight is 373 g/mol. The third-order valence-electron chi connectivity index (χ3n) is 3.70. The summed E-state index contributed by atoms with van der Waals surface area (Å²) in [6.07, 6.45) is 0. The van der Waals surface area contributed by atoms with Crippen molar-refractivity contribution in [2.45, 2.75) is 26.1 Å². The number of para-hydroxylation sites is 1. The minimum Gasteiger partial charge on any atom is -0.485 e. The zero-order chi connectivity index (χ0) is 19.2. The lowest BCUT2D eigenvalue weighted by Crippen LogP contribution is -2.31. The minimum absolute atomic E-state index is 0.114. The normalized spacial score (nSPS) is 11.8. The highest BCUT2D eigenvalue weighted by molar-refractivity contribution is 5.76. The molecule has 1 N–H and O–H groups in total. The van der Waals surface area contributed by atoms with Gasteiger partial charge in [0.05, 0.1) is 6.04 Å². The molecule has 9 heteroatoms. The van der Waals surface area contributed by atoms with Gasteiger partial charge in [-0.25, -0.2) is 8.78 Å². The van der Waals surface area contributed by atoms with Crippen molar-refractivity contribution in [3.63, 3.8) is 0 Å². The molecule has 1 amide bonds. The fourth-order valence-electron chi connectivity index (χ4n) is 2.41. The van der Waals surface area contributed by atoms with Crippen molar-refractivity contribution in [1.82, 2.24) is 25.5 Å². The molecule has 2 aromatic carbocycles. The maximum Gasteiger partial charge on any atom is 0.244 e. The SMILES string of the molecule is CC(NC(=O)Cn1nnc(COc2ccccc2)n1)c1ccc(F)cc1F. The van der Waals surface area contributed by atoms with E-state index >= 15 is 0 Å². The van der Waals surface area contributed by atoms with Crippen LogP contribution in [0.15, 0.2) is 48.5 Å². The van der Waals surface area contributed by atoms with Gasteiger partial charge < -0.3 is 10.1 Å². The van der Waals surface area contributed by atoms with Crippen molar-refractivity contribution in [1.29, 1.82) is 0 Å². The van der Waals surface area contributed by atoms with Crippen LogP contribution in [-0.4, -0.2) is 26.1 Å². The number of halogens is 2. The Bertz CT molecular complexity index is 917. The number of ether oxygens (including phenoxy) is 1. The number of tetrazole rings is 1. The molecule has 1 heterocycles. The summed E-state index contributed by atoms with van der Waals surface area (Å²) in [6.45, 7) is 1.52. The van der Waals surface area contributed by atoms with Crippen LogP contribution in [0.1, 0.15) is 24.4 Å². The number of benzene rings is 2. The number of nitrogens with zero attached hydrogens (tertiary/aromatic N) is 4. The Morgan fingerprint density at radius 1 is 1.22 bits per heavy atom. The van der Waals surface area contributed by atoms with E-state index in [2.05, 4.69) is 20.7 Å². The largest absolute Gasteiger partial charge is 0.485 e. The summed E-state index contributed by atoms with van der Waals surface area (Å²) in [5.41, 5.74) is 0.188. The van der Waals surface area contributed by atoms with Crippen LogP contribution in [0.2, 0.25) is 0 Å². The zero-order valence-corrected chi connectivity index (χ0v) is 14.5. The summed E-state index contributed by atoms with van der Waals surface area (Å²) in [7, 11) is 0. The predicted molar refractivity (Wildman–Crippen MR) is 91.5 cm³/mol. The number of carbonyl (C=O) groups excluding carboxylic acids is 1. The molecule has 0 aliphatic rings. The first-order valence-electron chi connectivity index (χ1n) is 8.20. The molecule has 0 saturated carbocycles. The Labute approximate surface area is 154 Å². The molecule has 7 nitrogen and oxygen atoms in total. The molecule has 0 bridgehead atoms. The van der Waals surface area contributed by atoms with E-state index in [9.17, 15) is 13.6 Å². The van der Waals surface area contributed by atoms with Crippen LogP contribution < -0.4 is 10.1 Å². The highest BCUT2D eigenvalue weighted by atomic mass is 19.1. The van der Waals surface area contributed by atoms with E-state index < -0.39 is 23.6 Å². The maximum atomic E-state index is 13.8. The summed E-state index contributed by atoms with van der Waals surface area (Å²) >= 11 is 0. The fourth-order valence-corrected chi connectivity index (χ4v) is 2.41. The number of rotatable bonds is 7. The highest BCUT2D eigenvalue weighted by Gasteiger charge is 2.15. The topological polar surface area (TPSA) is 81.9 Å². The van der Waals surface area contributed by atoms with E-state index in [1.54, 1.807) is 19.1 Å². The number of nitrogens with one attached hydrogen (secondary N) is 1. The smallest absolute Gasteiger partial charge is 0.244 e. The second-order valence-electron chi connectivity index (χ2n) is 5.79. The minimum atomic E-state index is -0.720. The molecule has 0 aliphatic heterocycles. The molecule has 0 radical (unpaired) electrons. The number of hydrogen-bond donors (Lipinski definition) is 1. The summed E-state index contributed by atoms with van der Waals surface area (Å²) in [6, 6.07) is 11.7. The van der Waals surface area contributed by atoms with Crippen molar-refractivity contribution in [3.8, 4) is 5.75 Å². The summed E-state index contributed by atoms with van der Waals surface area (Å²) in [5.74, 6) is -0.834. The van der Waals surface area contributed by atoms with Crippen LogP contribution in [0.5, 0.6) is 5.75 Å². The van der Waals surface area contributed by atoms with E-state index in [1.807, 2.05) is 18.2 Å². The van der Waals surface area contributed by atoms with Crippen molar-refractivity contribution >= 4 is 5.91 Å². The molecule has 1 aromatic heterocycles. The van der Waals surface area contributed by atoms with Crippen molar-refractivity contribution in [2.24, 2.45) is 0 Å². The molecule has 1 atom stereocenters. The number of carbonyl (C=O) groups is 1. The lowest BCUT2D eigenvalue weighted by Gasteiger charge is -2.14. The fraction of sp³-hybridized carbons (Fsp3) is 0.222. The van der Waals surface area contributed by atoms with Crippen molar-refractivity contribution in [2.75, 3.05) is 0 Å². The lowest BCUT2D eigenvalue weighted by atomic mass is 10.1. The Morgan fingerprint density at radius 2 is 2.00 bits per heavy atom. The van der Waals surface area contributed by atoms with Gasteiger partial charge in [-0.15, -0.1) is 10.2 Å². The first-order valence-corrected chi connectivity index (χ1v) is 8.20. The van der Waals surface area contributed by atoms with E-state index in [4.69, 9.17) is 4.74 Å². The van der Waals surface area contributed by atoms with Crippen LogP contribution in [0.3, 0.4) is 0 Å². The quantitative estimate of drug-likeness (QED) is 0.688. The lowest BCUT2D eigenvalue weighted by molar-refractivity contribution is -0.122. The Balaban J connectivity index is 1.53. The Morgan fingerprint density at radius 3 is 2.74 bits per heavy atom. The van der Waals surface area contributed by atoms with Crippen molar-refractivity contribution in [3.05, 3.63) is 71.6 Å². The van der Waals surface area contributed by atoms with Gasteiger partial charge in [-0.3, -0.25) is 4.79 Å². The van der Waals surface area contributed by atoms with Gasteiger partial charge in [-0.05, 0) is 30.3 Å². The molecule has 0 spiro atoms. The van der Waals surface area contributed by atoms with Crippen LogP contribution in [0.25, 0.3) is 0 Å². The summed E-state index contributed by atoms with van der Waals surface area (Å²) in [5, 5.41) is 14.3. The zero-order valence-electron chi connectivity index (χ0n) is 14.5. The first-order chi connectivity index (χ1) is 13.0. The molecule has 1 unspecified atom stereocenters. The highest BCUT2D eigenvalue weighted by Crippen LogP contribution is 2.17. The third-order valence-corrected chi connectivity index (χ3v) is 3.70. The molecule has 0 saturated heterocycles. The third kappa shape index (κ3) is 5.06. The molecule has 0 aliphatic carbocycles. The molecular weight excluding hydrogens is 356 g/mol. The monoisotopic (exact) mass is 373 g/mol. The van der Waals surface area contributed by atoms with Gasteiger partial charge in [-0.2, -0.15) is 4.80 Å². The van der Waals surface area contributed by atoms with Crippen LogP contribution in [-0.2, 0) is 17.9 Å². The number of aromatic nitrogens is 4. The van der Waals surface area contributed by atoms with Gasteiger partial charge in [0.1, 0.15) is 23.9 Å². The van der Waals surface area contributed by atoms with Gasteiger partial charge in [0.2, 0.25) is 11.7 Å². The molecule has 3 aromatic rings. The summed E-state index contributed by atoms with van der Waals surface area (Å²) < 4.78 is 32.2. The number of amides is 1. The second kappa shape index (κ2) is 8.35. The average Bonchev–Trinajstić information content (AvgIpc) is 3.08. The van der Waals surface area contributed by atoms with Crippen LogP contribution >= 0.6 is 0 Å². The van der Waals surface area contributed by atoms with E-state index in [1.165, 1.54) is 6.07 Å². The second-order valence-corrected chi connectivity index (χ2v) is 5.79. The molecule has 3 rings (SSSR count). The first kappa shape index (κ1) is 18.4. The van der Waals surface area contributed by atoms with Gasteiger partial charge in [0.25, 0.3) is 0 Å². The molecule has 0 fully saturated rings. The van der Waals surface area contributed by atoms with Gasteiger partial charge in [0, 0.05) is 11.6 Å². The Hall–Kier alpha value is -3.36.